The van der Waals surface area contributed by atoms with Crippen LogP contribution in [0.3, 0.4) is 0 Å². The molecule has 0 heterocycles. The highest BCUT2D eigenvalue weighted by atomic mass is 127. The van der Waals surface area contributed by atoms with Crippen molar-refractivity contribution in [2.75, 3.05) is 11.0 Å². The van der Waals surface area contributed by atoms with E-state index in [0.717, 1.165) is 16.8 Å². The van der Waals surface area contributed by atoms with Crippen molar-refractivity contribution in [2.24, 2.45) is 0 Å². The second-order valence-electron chi connectivity index (χ2n) is 2.81. The third-order valence-corrected chi connectivity index (χ3v) is 2.11. The van der Waals surface area contributed by atoms with Crippen LogP contribution in [-0.4, -0.2) is 11.0 Å². The number of ether oxygens (including phenoxy) is 1. The molecule has 0 aromatic heterocycles. The summed E-state index contributed by atoms with van der Waals surface area (Å²) in [5.41, 5.74) is 2.51. The third-order valence-electron chi connectivity index (χ3n) is 1.67. The summed E-state index contributed by atoms with van der Waals surface area (Å²) in [6.45, 7) is 4.97. The van der Waals surface area contributed by atoms with E-state index >= 15 is 0 Å². The molecule has 0 N–H and O–H groups in total. The Bertz CT molecular complexity index is 258. The molecule has 66 valence electrons. The van der Waals surface area contributed by atoms with Gasteiger partial charge in [-0.05, 0) is 25.5 Å². The van der Waals surface area contributed by atoms with Gasteiger partial charge in [0.05, 0.1) is 6.61 Å². The maximum absolute atomic E-state index is 5.53. The highest BCUT2D eigenvalue weighted by Gasteiger charge is 1.97. The lowest BCUT2D eigenvalue weighted by Crippen LogP contribution is -1.99. The van der Waals surface area contributed by atoms with Gasteiger partial charge in [0.2, 0.25) is 0 Å². The summed E-state index contributed by atoms with van der Waals surface area (Å²) in [5.74, 6) is 1.01. The molecule has 12 heavy (non-hydrogen) atoms. The SMILES string of the molecule is Cc1ccc(OCCI)c(C)c1. The van der Waals surface area contributed by atoms with Crippen molar-refractivity contribution in [3.8, 4) is 5.75 Å². The largest absolute Gasteiger partial charge is 0.493 e. The molecule has 0 amide bonds. The van der Waals surface area contributed by atoms with Crippen LogP contribution < -0.4 is 4.74 Å². The van der Waals surface area contributed by atoms with Crippen LogP contribution in [0.4, 0.5) is 0 Å². The molecule has 0 saturated heterocycles. The van der Waals surface area contributed by atoms with Crippen LogP contribution in [0, 0.1) is 13.8 Å². The van der Waals surface area contributed by atoms with Gasteiger partial charge in [-0.2, -0.15) is 0 Å². The lowest BCUT2D eigenvalue weighted by atomic mass is 10.1. The Balaban J connectivity index is 2.72. The van der Waals surface area contributed by atoms with Gasteiger partial charge in [-0.25, -0.2) is 0 Å². The van der Waals surface area contributed by atoms with Crippen molar-refractivity contribution in [2.45, 2.75) is 13.8 Å². The number of hydrogen-bond acceptors (Lipinski definition) is 1. The van der Waals surface area contributed by atoms with E-state index in [9.17, 15) is 0 Å². The minimum Gasteiger partial charge on any atom is -0.493 e. The van der Waals surface area contributed by atoms with Crippen LogP contribution in [0.25, 0.3) is 0 Å². The average Bonchev–Trinajstić information content (AvgIpc) is 2.03. The molecule has 1 aromatic rings. The lowest BCUT2D eigenvalue weighted by molar-refractivity contribution is 0.344. The lowest BCUT2D eigenvalue weighted by Gasteiger charge is -2.07. The number of alkyl halides is 1. The van der Waals surface area contributed by atoms with E-state index in [2.05, 4.69) is 48.6 Å². The zero-order valence-electron chi connectivity index (χ0n) is 7.43. The first-order valence-corrected chi connectivity index (χ1v) is 5.52. The summed E-state index contributed by atoms with van der Waals surface area (Å²) >= 11 is 2.31. The number of benzene rings is 1. The molecule has 0 radical (unpaired) electrons. The van der Waals surface area contributed by atoms with E-state index in [4.69, 9.17) is 4.74 Å². The Morgan fingerprint density at radius 3 is 2.67 bits per heavy atom. The Morgan fingerprint density at radius 2 is 2.08 bits per heavy atom. The summed E-state index contributed by atoms with van der Waals surface area (Å²) < 4.78 is 6.57. The minimum absolute atomic E-state index is 0.796. The molecular weight excluding hydrogens is 263 g/mol. The van der Waals surface area contributed by atoms with Crippen molar-refractivity contribution in [1.82, 2.24) is 0 Å². The summed E-state index contributed by atoms with van der Waals surface area (Å²) in [7, 11) is 0. The molecule has 1 nitrogen and oxygen atoms in total. The summed E-state index contributed by atoms with van der Waals surface area (Å²) in [4.78, 5) is 0. The Kier molecular flexibility index (Phi) is 3.85. The van der Waals surface area contributed by atoms with E-state index in [1.807, 2.05) is 6.07 Å². The quantitative estimate of drug-likeness (QED) is 0.609. The van der Waals surface area contributed by atoms with Gasteiger partial charge in [0.1, 0.15) is 5.75 Å². The normalized spacial score (nSPS) is 9.92. The maximum atomic E-state index is 5.53. The highest BCUT2D eigenvalue weighted by Crippen LogP contribution is 2.18. The number of hydrogen-bond donors (Lipinski definition) is 0. The molecule has 0 spiro atoms. The average molecular weight is 276 g/mol. The number of aryl methyl sites for hydroxylation is 2. The molecular formula is C10H13IO. The zero-order valence-corrected chi connectivity index (χ0v) is 9.59. The molecule has 0 fully saturated rings. The molecule has 0 aliphatic heterocycles. The van der Waals surface area contributed by atoms with Gasteiger partial charge in [-0.1, -0.05) is 40.3 Å². The monoisotopic (exact) mass is 276 g/mol. The van der Waals surface area contributed by atoms with Gasteiger partial charge in [-0.3, -0.25) is 0 Å². The Morgan fingerprint density at radius 1 is 1.33 bits per heavy atom. The molecule has 0 atom stereocenters. The van der Waals surface area contributed by atoms with Gasteiger partial charge in [-0.15, -0.1) is 0 Å². The predicted octanol–water partition coefficient (Wildman–Crippen LogP) is 3.12. The first-order chi connectivity index (χ1) is 5.74. The molecule has 1 rings (SSSR count). The molecule has 0 aliphatic carbocycles. The zero-order chi connectivity index (χ0) is 8.97. The van der Waals surface area contributed by atoms with E-state index in [1.165, 1.54) is 11.1 Å². The fourth-order valence-corrected chi connectivity index (χ4v) is 1.33. The highest BCUT2D eigenvalue weighted by molar-refractivity contribution is 14.1. The van der Waals surface area contributed by atoms with Gasteiger partial charge in [0.25, 0.3) is 0 Å². The van der Waals surface area contributed by atoms with Crippen molar-refractivity contribution in [1.29, 1.82) is 0 Å². The molecule has 0 unspecified atom stereocenters. The molecule has 0 bridgehead atoms. The molecule has 0 saturated carbocycles. The van der Waals surface area contributed by atoms with Gasteiger partial charge >= 0.3 is 0 Å². The van der Waals surface area contributed by atoms with Gasteiger partial charge < -0.3 is 4.74 Å². The second kappa shape index (κ2) is 4.70. The Labute approximate surface area is 87.3 Å². The first kappa shape index (κ1) is 9.84. The Hall–Kier alpha value is -0.250. The van der Waals surface area contributed by atoms with Crippen molar-refractivity contribution >= 4 is 22.6 Å². The predicted molar refractivity (Wildman–Crippen MR) is 60.3 cm³/mol. The third kappa shape index (κ3) is 2.66. The second-order valence-corrected chi connectivity index (χ2v) is 3.89. The van der Waals surface area contributed by atoms with Crippen LogP contribution in [0.1, 0.15) is 11.1 Å². The minimum atomic E-state index is 0.796. The van der Waals surface area contributed by atoms with Crippen molar-refractivity contribution < 1.29 is 4.74 Å². The van der Waals surface area contributed by atoms with Crippen LogP contribution >= 0.6 is 22.6 Å². The topological polar surface area (TPSA) is 9.23 Å². The van der Waals surface area contributed by atoms with Crippen molar-refractivity contribution in [3.63, 3.8) is 0 Å². The van der Waals surface area contributed by atoms with Gasteiger partial charge in [0.15, 0.2) is 0 Å². The molecule has 1 aromatic carbocycles. The fraction of sp³-hybridized carbons (Fsp3) is 0.400. The van der Waals surface area contributed by atoms with Crippen LogP contribution in [-0.2, 0) is 0 Å². The van der Waals surface area contributed by atoms with Crippen LogP contribution in [0.15, 0.2) is 18.2 Å². The van der Waals surface area contributed by atoms with Crippen molar-refractivity contribution in [3.05, 3.63) is 29.3 Å². The molecule has 2 heteroatoms. The standard InChI is InChI=1S/C10H13IO/c1-8-3-4-10(9(2)7-8)12-6-5-11/h3-4,7H,5-6H2,1-2H3. The maximum Gasteiger partial charge on any atom is 0.122 e. The summed E-state index contributed by atoms with van der Waals surface area (Å²) in [6, 6.07) is 6.26. The molecule has 0 aliphatic rings. The summed E-state index contributed by atoms with van der Waals surface area (Å²) in [6.07, 6.45) is 0. The van der Waals surface area contributed by atoms with E-state index < -0.39 is 0 Å². The van der Waals surface area contributed by atoms with Crippen LogP contribution in [0.2, 0.25) is 0 Å². The van der Waals surface area contributed by atoms with Gasteiger partial charge in [0, 0.05) is 4.43 Å². The number of halogens is 1. The smallest absolute Gasteiger partial charge is 0.122 e. The van der Waals surface area contributed by atoms with Crippen LogP contribution in [0.5, 0.6) is 5.75 Å². The first-order valence-electron chi connectivity index (χ1n) is 4.00. The summed E-state index contributed by atoms with van der Waals surface area (Å²) in [5, 5.41) is 0. The van der Waals surface area contributed by atoms with E-state index in [1.54, 1.807) is 0 Å². The van der Waals surface area contributed by atoms with E-state index in [0.29, 0.717) is 0 Å². The fourth-order valence-electron chi connectivity index (χ4n) is 1.11. The van der Waals surface area contributed by atoms with E-state index in [-0.39, 0.29) is 0 Å². The number of rotatable bonds is 3.